The first kappa shape index (κ1) is 18.1. The van der Waals surface area contributed by atoms with E-state index in [1.807, 2.05) is 18.2 Å². The van der Waals surface area contributed by atoms with Gasteiger partial charge in [-0.25, -0.2) is 13.1 Å². The average molecular weight is 380 g/mol. The van der Waals surface area contributed by atoms with Crippen molar-refractivity contribution in [2.45, 2.75) is 10.8 Å². The highest BCUT2D eigenvalue weighted by atomic mass is 32.2. The summed E-state index contributed by atoms with van der Waals surface area (Å²) in [4.78, 5) is 15.1. The van der Waals surface area contributed by atoms with Crippen molar-refractivity contribution in [3.05, 3.63) is 52.2 Å². The molecule has 2 aromatic rings. The van der Waals surface area contributed by atoms with E-state index in [0.717, 1.165) is 11.3 Å². The summed E-state index contributed by atoms with van der Waals surface area (Å²) in [6.07, 6.45) is 0. The van der Waals surface area contributed by atoms with Crippen LogP contribution in [-0.4, -0.2) is 45.9 Å². The quantitative estimate of drug-likeness (QED) is 0.823. The molecular formula is C17H21N3O3S2. The molecular weight excluding hydrogens is 358 g/mol. The second-order valence-corrected chi connectivity index (χ2v) is 8.88. The lowest BCUT2D eigenvalue weighted by Gasteiger charge is -2.16. The molecule has 25 heavy (non-hydrogen) atoms. The molecule has 0 spiro atoms. The van der Waals surface area contributed by atoms with Gasteiger partial charge in [-0.15, -0.1) is 11.3 Å². The van der Waals surface area contributed by atoms with Gasteiger partial charge in [-0.1, -0.05) is 30.3 Å². The highest BCUT2D eigenvalue weighted by Gasteiger charge is 2.36. The van der Waals surface area contributed by atoms with Crippen LogP contribution < -0.4 is 10.5 Å². The number of hydrogen-bond donors (Lipinski definition) is 2. The van der Waals surface area contributed by atoms with E-state index >= 15 is 0 Å². The molecule has 1 amide bonds. The smallest absolute Gasteiger partial charge is 0.263 e. The maximum atomic E-state index is 12.8. The molecule has 2 heterocycles. The number of benzene rings is 1. The minimum absolute atomic E-state index is 0.123. The second kappa shape index (κ2) is 7.25. The molecule has 3 rings (SSSR count). The van der Waals surface area contributed by atoms with Crippen molar-refractivity contribution in [3.63, 3.8) is 0 Å². The fraction of sp³-hybridized carbons (Fsp3) is 0.353. The third kappa shape index (κ3) is 3.62. The summed E-state index contributed by atoms with van der Waals surface area (Å²) >= 11 is 1.15. The van der Waals surface area contributed by atoms with Gasteiger partial charge in [0.15, 0.2) is 0 Å². The fourth-order valence-corrected chi connectivity index (χ4v) is 5.17. The zero-order valence-corrected chi connectivity index (χ0v) is 15.5. The van der Waals surface area contributed by atoms with Gasteiger partial charge in [0.05, 0.1) is 9.77 Å². The zero-order valence-electron chi connectivity index (χ0n) is 13.9. The number of carbonyl (C=O) groups is 1. The van der Waals surface area contributed by atoms with Crippen LogP contribution in [0.4, 0.5) is 0 Å². The first-order valence-corrected chi connectivity index (χ1v) is 10.4. The second-order valence-electron chi connectivity index (χ2n) is 6.08. The molecule has 0 unspecified atom stereocenters. The predicted octanol–water partition coefficient (Wildman–Crippen LogP) is 1.47. The van der Waals surface area contributed by atoms with E-state index in [4.69, 9.17) is 5.73 Å². The van der Waals surface area contributed by atoms with Crippen molar-refractivity contribution < 1.29 is 13.2 Å². The molecule has 134 valence electrons. The number of thiophene rings is 1. The van der Waals surface area contributed by atoms with Gasteiger partial charge in [-0.05, 0) is 31.1 Å². The molecule has 0 bridgehead atoms. The number of sulfonamides is 1. The molecule has 1 aliphatic heterocycles. The van der Waals surface area contributed by atoms with Crippen LogP contribution >= 0.6 is 11.3 Å². The number of nitrogens with one attached hydrogen (secondary N) is 1. The summed E-state index contributed by atoms with van der Waals surface area (Å²) in [6.45, 7) is 1.69. The summed E-state index contributed by atoms with van der Waals surface area (Å²) < 4.78 is 26.0. The largest absolute Gasteiger partial charge is 0.337 e. The van der Waals surface area contributed by atoms with E-state index in [0.29, 0.717) is 24.5 Å². The lowest BCUT2D eigenvalue weighted by molar-refractivity contribution is 0.0791. The molecule has 0 radical (unpaired) electrons. The van der Waals surface area contributed by atoms with Crippen LogP contribution in [0.2, 0.25) is 0 Å². The molecule has 1 aromatic heterocycles. The van der Waals surface area contributed by atoms with Gasteiger partial charge in [-0.2, -0.15) is 0 Å². The van der Waals surface area contributed by atoms with Crippen LogP contribution in [0.5, 0.6) is 0 Å². The minimum atomic E-state index is -3.53. The molecule has 0 saturated carbocycles. The van der Waals surface area contributed by atoms with Gasteiger partial charge in [0, 0.05) is 24.4 Å². The lowest BCUT2D eigenvalue weighted by Crippen LogP contribution is -2.29. The van der Waals surface area contributed by atoms with Crippen LogP contribution in [0.3, 0.4) is 0 Å². The Bertz CT molecular complexity index is 849. The van der Waals surface area contributed by atoms with Gasteiger partial charge in [-0.3, -0.25) is 4.79 Å². The monoisotopic (exact) mass is 379 g/mol. The SMILES string of the molecule is CNS(=O)(=O)c1csc(C(=O)N2C[C@@H](CN)[C@H](c3ccccc3)C2)c1. The highest BCUT2D eigenvalue weighted by molar-refractivity contribution is 7.89. The minimum Gasteiger partial charge on any atom is -0.337 e. The number of nitrogens with zero attached hydrogens (tertiary/aromatic N) is 1. The van der Waals surface area contributed by atoms with Crippen molar-refractivity contribution in [2.75, 3.05) is 26.7 Å². The molecule has 1 saturated heterocycles. The van der Waals surface area contributed by atoms with Gasteiger partial charge in [0.2, 0.25) is 10.0 Å². The van der Waals surface area contributed by atoms with E-state index < -0.39 is 10.0 Å². The number of rotatable bonds is 5. The Morgan fingerprint density at radius 3 is 2.68 bits per heavy atom. The Hall–Kier alpha value is -1.74. The topological polar surface area (TPSA) is 92.5 Å². The van der Waals surface area contributed by atoms with Gasteiger partial charge >= 0.3 is 0 Å². The molecule has 2 atom stereocenters. The Kier molecular flexibility index (Phi) is 5.24. The molecule has 6 nitrogen and oxygen atoms in total. The number of nitrogens with two attached hydrogens (primary N) is 1. The first-order valence-electron chi connectivity index (χ1n) is 8.02. The van der Waals surface area contributed by atoms with E-state index in [-0.39, 0.29) is 22.6 Å². The third-order valence-corrected chi connectivity index (χ3v) is 7.09. The van der Waals surface area contributed by atoms with Gasteiger partial charge < -0.3 is 10.6 Å². The van der Waals surface area contributed by atoms with E-state index in [9.17, 15) is 13.2 Å². The maximum Gasteiger partial charge on any atom is 0.263 e. The summed E-state index contributed by atoms with van der Waals surface area (Å²) in [5.74, 6) is 0.266. The van der Waals surface area contributed by atoms with E-state index in [1.165, 1.54) is 24.1 Å². The fourth-order valence-electron chi connectivity index (χ4n) is 3.20. The summed E-state index contributed by atoms with van der Waals surface area (Å²) in [7, 11) is -2.18. The zero-order chi connectivity index (χ0) is 18.0. The molecule has 1 aliphatic rings. The highest BCUT2D eigenvalue weighted by Crippen LogP contribution is 2.33. The maximum absolute atomic E-state index is 12.8. The Morgan fingerprint density at radius 1 is 1.32 bits per heavy atom. The van der Waals surface area contributed by atoms with Gasteiger partial charge in [0.25, 0.3) is 5.91 Å². The first-order chi connectivity index (χ1) is 12.0. The van der Waals surface area contributed by atoms with Crippen LogP contribution in [0, 0.1) is 5.92 Å². The van der Waals surface area contributed by atoms with Crippen molar-refractivity contribution in [1.29, 1.82) is 0 Å². The number of likely N-dealkylation sites (tertiary alicyclic amines) is 1. The van der Waals surface area contributed by atoms with Crippen LogP contribution in [-0.2, 0) is 10.0 Å². The Morgan fingerprint density at radius 2 is 2.04 bits per heavy atom. The van der Waals surface area contributed by atoms with Crippen molar-refractivity contribution in [1.82, 2.24) is 9.62 Å². The average Bonchev–Trinajstić information content (AvgIpc) is 3.29. The molecule has 3 N–H and O–H groups in total. The number of carbonyl (C=O) groups excluding carboxylic acids is 1. The van der Waals surface area contributed by atoms with Crippen molar-refractivity contribution in [2.24, 2.45) is 11.7 Å². The summed E-state index contributed by atoms with van der Waals surface area (Å²) in [5, 5.41) is 1.49. The Balaban J connectivity index is 1.80. The van der Waals surface area contributed by atoms with E-state index in [2.05, 4.69) is 16.9 Å². The molecule has 0 aliphatic carbocycles. The summed E-state index contributed by atoms with van der Waals surface area (Å²) in [5.41, 5.74) is 7.10. The number of amides is 1. The molecule has 1 aromatic carbocycles. The van der Waals surface area contributed by atoms with Gasteiger partial charge in [0.1, 0.15) is 0 Å². The van der Waals surface area contributed by atoms with Crippen LogP contribution in [0.15, 0.2) is 46.7 Å². The molecule has 1 fully saturated rings. The normalized spacial score (nSPS) is 20.8. The van der Waals surface area contributed by atoms with E-state index in [1.54, 1.807) is 4.90 Å². The van der Waals surface area contributed by atoms with Crippen LogP contribution in [0.25, 0.3) is 0 Å². The van der Waals surface area contributed by atoms with Crippen molar-refractivity contribution >= 4 is 27.3 Å². The molecule has 8 heteroatoms. The van der Waals surface area contributed by atoms with Crippen molar-refractivity contribution in [3.8, 4) is 0 Å². The third-order valence-electron chi connectivity index (χ3n) is 4.62. The standard InChI is InChI=1S/C17H21N3O3S2/c1-19-25(22,23)14-7-16(24-11-14)17(21)20-9-13(8-18)15(10-20)12-5-3-2-4-6-12/h2-7,11,13,15,19H,8-10,18H2,1H3/t13-,15+/m1/s1. The summed E-state index contributed by atoms with van der Waals surface area (Å²) in [6, 6.07) is 11.5. The Labute approximate surface area is 151 Å². The van der Waals surface area contributed by atoms with Crippen LogP contribution in [0.1, 0.15) is 21.2 Å². The predicted molar refractivity (Wildman–Crippen MR) is 98.2 cm³/mol. The number of hydrogen-bond acceptors (Lipinski definition) is 5. The lowest BCUT2D eigenvalue weighted by atomic mass is 9.89.